The number of aromatic nitrogens is 1. The van der Waals surface area contributed by atoms with E-state index >= 15 is 0 Å². The molecule has 0 aliphatic carbocycles. The maximum atomic E-state index is 11.0. The van der Waals surface area contributed by atoms with Crippen molar-refractivity contribution < 1.29 is 9.47 Å². The molecular weight excluding hydrogens is 226 g/mol. The highest BCUT2D eigenvalue weighted by atomic mass is 16.5. The van der Waals surface area contributed by atoms with E-state index in [1.807, 2.05) is 43.3 Å². The van der Waals surface area contributed by atoms with Gasteiger partial charge in [0.05, 0.1) is 6.61 Å². The predicted octanol–water partition coefficient (Wildman–Crippen LogP) is 2.85. The zero-order valence-electron chi connectivity index (χ0n) is 10.2. The second-order valence-corrected chi connectivity index (χ2v) is 3.80. The van der Waals surface area contributed by atoms with Gasteiger partial charge >= 0.3 is 0 Å². The minimum absolute atomic E-state index is 0.606. The Balaban J connectivity index is 2.33. The molecule has 0 saturated carbocycles. The molecule has 0 amide bonds. The lowest BCUT2D eigenvalue weighted by Gasteiger charge is -2.08. The van der Waals surface area contributed by atoms with Gasteiger partial charge in [0.25, 0.3) is 0 Å². The Kier molecular flexibility index (Phi) is 3.97. The molecule has 1 aromatic carbocycles. The smallest absolute Gasteiger partial charge is 0.180 e. The van der Waals surface area contributed by atoms with Crippen LogP contribution >= 0.6 is 0 Å². The fourth-order valence-corrected chi connectivity index (χ4v) is 1.64. The number of ether oxygens (including phenoxy) is 1. The Morgan fingerprint density at radius 3 is 2.44 bits per heavy atom. The van der Waals surface area contributed by atoms with E-state index in [4.69, 9.17) is 4.74 Å². The van der Waals surface area contributed by atoms with Crippen LogP contribution in [0.5, 0.6) is 0 Å². The van der Waals surface area contributed by atoms with Crippen molar-refractivity contribution in [1.29, 1.82) is 0 Å². The molecule has 0 atom stereocenters. The van der Waals surface area contributed by atoms with Crippen molar-refractivity contribution in [3.8, 4) is 0 Å². The number of hydrogen-bond acceptors (Lipinski definition) is 2. The van der Waals surface area contributed by atoms with Gasteiger partial charge in [0.15, 0.2) is 12.4 Å². The third-order valence-corrected chi connectivity index (χ3v) is 2.48. The van der Waals surface area contributed by atoms with Gasteiger partial charge in [-0.2, -0.15) is 4.73 Å². The third kappa shape index (κ3) is 3.10. The van der Waals surface area contributed by atoms with E-state index in [0.717, 1.165) is 21.6 Å². The van der Waals surface area contributed by atoms with E-state index in [1.165, 1.54) is 12.4 Å². The van der Waals surface area contributed by atoms with Crippen LogP contribution in [-0.2, 0) is 4.74 Å². The van der Waals surface area contributed by atoms with Crippen LogP contribution in [0.2, 0.25) is 0 Å². The Morgan fingerprint density at radius 1 is 1.17 bits per heavy atom. The molecule has 0 aliphatic heterocycles. The SMILES string of the molecule is CCO/C(=C\c1cc[n+]([O-])cc1)c1ccccc1. The fourth-order valence-electron chi connectivity index (χ4n) is 1.64. The maximum Gasteiger partial charge on any atom is 0.180 e. The van der Waals surface area contributed by atoms with Crippen molar-refractivity contribution in [1.82, 2.24) is 0 Å². The molecule has 1 heterocycles. The topological polar surface area (TPSA) is 36.2 Å². The van der Waals surface area contributed by atoms with E-state index in [2.05, 4.69) is 0 Å². The molecule has 0 radical (unpaired) electrons. The van der Waals surface area contributed by atoms with Gasteiger partial charge in [0.1, 0.15) is 5.76 Å². The van der Waals surface area contributed by atoms with Crippen LogP contribution in [0.3, 0.4) is 0 Å². The monoisotopic (exact) mass is 241 g/mol. The summed E-state index contributed by atoms with van der Waals surface area (Å²) in [5.41, 5.74) is 1.97. The van der Waals surface area contributed by atoms with Crippen molar-refractivity contribution >= 4 is 11.8 Å². The van der Waals surface area contributed by atoms with Crippen LogP contribution in [0.4, 0.5) is 0 Å². The summed E-state index contributed by atoms with van der Waals surface area (Å²) in [6.07, 6.45) is 4.87. The molecule has 18 heavy (non-hydrogen) atoms. The molecule has 92 valence electrons. The Morgan fingerprint density at radius 2 is 1.83 bits per heavy atom. The largest absolute Gasteiger partial charge is 0.619 e. The van der Waals surface area contributed by atoms with E-state index in [1.54, 1.807) is 12.1 Å². The average molecular weight is 241 g/mol. The first-order valence-electron chi connectivity index (χ1n) is 5.88. The molecule has 0 N–H and O–H groups in total. The van der Waals surface area contributed by atoms with Gasteiger partial charge in [-0.15, -0.1) is 0 Å². The van der Waals surface area contributed by atoms with Crippen LogP contribution in [0, 0.1) is 5.21 Å². The van der Waals surface area contributed by atoms with Crippen molar-refractivity contribution in [2.45, 2.75) is 6.92 Å². The highest BCUT2D eigenvalue weighted by Crippen LogP contribution is 2.18. The van der Waals surface area contributed by atoms with Gasteiger partial charge in [-0.25, -0.2) is 0 Å². The van der Waals surface area contributed by atoms with Crippen LogP contribution in [-0.4, -0.2) is 6.61 Å². The van der Waals surface area contributed by atoms with Crippen LogP contribution in [0.15, 0.2) is 54.9 Å². The Hall–Kier alpha value is -2.29. The van der Waals surface area contributed by atoms with Gasteiger partial charge in [-0.3, -0.25) is 0 Å². The molecule has 0 saturated heterocycles. The van der Waals surface area contributed by atoms with Crippen LogP contribution in [0.1, 0.15) is 18.1 Å². The Labute approximate surface area is 107 Å². The second kappa shape index (κ2) is 5.87. The minimum atomic E-state index is 0.606. The third-order valence-electron chi connectivity index (χ3n) is 2.48. The summed E-state index contributed by atoms with van der Waals surface area (Å²) < 4.78 is 6.40. The van der Waals surface area contributed by atoms with Gasteiger partial charge in [-0.1, -0.05) is 30.3 Å². The molecule has 0 aliphatic rings. The molecule has 0 bridgehead atoms. The lowest BCUT2D eigenvalue weighted by molar-refractivity contribution is -0.605. The van der Waals surface area contributed by atoms with Crippen molar-refractivity contribution in [2.24, 2.45) is 0 Å². The van der Waals surface area contributed by atoms with E-state index in [-0.39, 0.29) is 0 Å². The first kappa shape index (κ1) is 12.2. The summed E-state index contributed by atoms with van der Waals surface area (Å²) >= 11 is 0. The second-order valence-electron chi connectivity index (χ2n) is 3.80. The van der Waals surface area contributed by atoms with Crippen LogP contribution in [0.25, 0.3) is 11.8 Å². The standard InChI is InChI=1S/C15H15NO2/c1-2-18-15(14-6-4-3-5-7-14)12-13-8-10-16(17)11-9-13/h3-12H,2H2,1H3/b15-12-. The highest BCUT2D eigenvalue weighted by Gasteiger charge is 2.02. The molecule has 3 heteroatoms. The molecule has 2 aromatic rings. The molecule has 0 unspecified atom stereocenters. The average Bonchev–Trinajstić information content (AvgIpc) is 2.42. The summed E-state index contributed by atoms with van der Waals surface area (Å²) in [4.78, 5) is 0. The normalized spacial score (nSPS) is 11.3. The van der Waals surface area contributed by atoms with Crippen molar-refractivity contribution in [3.63, 3.8) is 0 Å². The van der Waals surface area contributed by atoms with Crippen molar-refractivity contribution in [2.75, 3.05) is 6.61 Å². The Bertz CT molecular complexity index is 518. The van der Waals surface area contributed by atoms with Gasteiger partial charge in [0, 0.05) is 17.7 Å². The summed E-state index contributed by atoms with van der Waals surface area (Å²) in [5.74, 6) is 0.807. The lowest BCUT2D eigenvalue weighted by Crippen LogP contribution is -2.23. The lowest BCUT2D eigenvalue weighted by atomic mass is 10.1. The fraction of sp³-hybridized carbons (Fsp3) is 0.133. The maximum absolute atomic E-state index is 11.0. The molecule has 2 rings (SSSR count). The van der Waals surface area contributed by atoms with Gasteiger partial charge in [0.2, 0.25) is 0 Å². The molecule has 0 fully saturated rings. The number of hydrogen-bond donors (Lipinski definition) is 0. The summed E-state index contributed by atoms with van der Waals surface area (Å²) in [6.45, 7) is 2.56. The molecule has 3 nitrogen and oxygen atoms in total. The summed E-state index contributed by atoms with van der Waals surface area (Å²) in [5, 5.41) is 11.0. The molecule has 1 aromatic heterocycles. The van der Waals surface area contributed by atoms with E-state index in [0.29, 0.717) is 6.61 Å². The van der Waals surface area contributed by atoms with E-state index in [9.17, 15) is 5.21 Å². The van der Waals surface area contributed by atoms with Crippen molar-refractivity contribution in [3.05, 3.63) is 71.2 Å². The number of rotatable bonds is 4. The van der Waals surface area contributed by atoms with Crippen LogP contribution < -0.4 is 4.73 Å². The summed E-state index contributed by atoms with van der Waals surface area (Å²) in [7, 11) is 0. The zero-order chi connectivity index (χ0) is 12.8. The van der Waals surface area contributed by atoms with Gasteiger partial charge in [-0.05, 0) is 18.6 Å². The highest BCUT2D eigenvalue weighted by molar-refractivity contribution is 5.77. The summed E-state index contributed by atoms with van der Waals surface area (Å²) in [6, 6.07) is 13.4. The zero-order valence-corrected chi connectivity index (χ0v) is 10.2. The first-order valence-corrected chi connectivity index (χ1v) is 5.88. The number of benzene rings is 1. The van der Waals surface area contributed by atoms with E-state index < -0.39 is 0 Å². The molecule has 0 spiro atoms. The number of pyridine rings is 1. The quantitative estimate of drug-likeness (QED) is 0.469. The first-order chi connectivity index (χ1) is 8.79. The number of nitrogens with zero attached hydrogens (tertiary/aromatic N) is 1. The predicted molar refractivity (Wildman–Crippen MR) is 71.3 cm³/mol. The molecular formula is C15H15NO2. The van der Waals surface area contributed by atoms with Gasteiger partial charge < -0.3 is 9.94 Å². The minimum Gasteiger partial charge on any atom is -0.619 e.